The van der Waals surface area contributed by atoms with Gasteiger partial charge in [0.1, 0.15) is 0 Å². The van der Waals surface area contributed by atoms with Crippen LogP contribution < -0.4 is 16.2 Å². The number of nitrogens with one attached hydrogen (secondary N) is 3. The number of aliphatic hydroxyl groups is 1. The number of hydrazine groups is 1. The van der Waals surface area contributed by atoms with Gasteiger partial charge < -0.3 is 10.4 Å². The minimum atomic E-state index is -0.518. The highest BCUT2D eigenvalue weighted by molar-refractivity contribution is 5.90. The van der Waals surface area contributed by atoms with Crippen LogP contribution in [0.25, 0.3) is 0 Å². The Morgan fingerprint density at radius 2 is 1.82 bits per heavy atom. The van der Waals surface area contributed by atoms with E-state index in [-0.39, 0.29) is 12.5 Å². The number of carbonyl (C=O) groups excluding carboxylic acids is 2. The van der Waals surface area contributed by atoms with Crippen molar-refractivity contribution in [3.63, 3.8) is 0 Å². The molecule has 0 aliphatic heterocycles. The Kier molecular flexibility index (Phi) is 4.96. The van der Waals surface area contributed by atoms with Gasteiger partial charge in [0.05, 0.1) is 0 Å². The van der Waals surface area contributed by atoms with Crippen LogP contribution in [-0.4, -0.2) is 23.7 Å². The molecule has 0 saturated carbocycles. The lowest BCUT2D eigenvalue weighted by atomic mass is 10.1. The van der Waals surface area contributed by atoms with Crippen LogP contribution in [0.3, 0.4) is 0 Å². The molecule has 6 heteroatoms. The standard InChI is InChI=1S/C11H15N3O3/c1-8(16)13-14-11(17)12-10-4-2-9(3-5-10)6-7-15/h2-5,15H,6-7H2,1H3,(H,13,16)(H2,12,14,17). The number of hydrogen-bond acceptors (Lipinski definition) is 3. The predicted octanol–water partition coefficient (Wildman–Crippen LogP) is 0.394. The number of amides is 3. The summed E-state index contributed by atoms with van der Waals surface area (Å²) in [6, 6.07) is 6.54. The van der Waals surface area contributed by atoms with Crippen molar-refractivity contribution in [2.45, 2.75) is 13.3 Å². The van der Waals surface area contributed by atoms with Gasteiger partial charge in [-0.05, 0) is 24.1 Å². The molecule has 17 heavy (non-hydrogen) atoms. The molecule has 3 amide bonds. The highest BCUT2D eigenvalue weighted by atomic mass is 16.3. The molecule has 4 N–H and O–H groups in total. The molecule has 0 aliphatic carbocycles. The van der Waals surface area contributed by atoms with Gasteiger partial charge in [-0.15, -0.1) is 0 Å². The molecule has 6 nitrogen and oxygen atoms in total. The number of benzene rings is 1. The Morgan fingerprint density at radius 1 is 1.18 bits per heavy atom. The molecule has 1 aromatic rings. The Labute approximate surface area is 99.0 Å². The van der Waals surface area contributed by atoms with Crippen molar-refractivity contribution < 1.29 is 14.7 Å². The first-order valence-corrected chi connectivity index (χ1v) is 5.15. The summed E-state index contributed by atoms with van der Waals surface area (Å²) in [7, 11) is 0. The lowest BCUT2D eigenvalue weighted by Gasteiger charge is -2.07. The van der Waals surface area contributed by atoms with Gasteiger partial charge in [0.15, 0.2) is 0 Å². The molecule has 0 spiro atoms. The van der Waals surface area contributed by atoms with Gasteiger partial charge in [0, 0.05) is 19.2 Å². The second kappa shape index (κ2) is 6.49. The minimum Gasteiger partial charge on any atom is -0.396 e. The van der Waals surface area contributed by atoms with Gasteiger partial charge in [-0.2, -0.15) is 0 Å². The Hall–Kier alpha value is -2.08. The van der Waals surface area contributed by atoms with Gasteiger partial charge >= 0.3 is 6.03 Å². The fraction of sp³-hybridized carbons (Fsp3) is 0.273. The largest absolute Gasteiger partial charge is 0.396 e. The first kappa shape index (κ1) is 13.0. The first-order chi connectivity index (χ1) is 8.11. The van der Waals surface area contributed by atoms with Crippen molar-refractivity contribution in [1.82, 2.24) is 10.9 Å². The molecule has 0 saturated heterocycles. The zero-order chi connectivity index (χ0) is 12.7. The number of urea groups is 1. The molecule has 0 atom stereocenters. The molecular formula is C11H15N3O3. The number of carbonyl (C=O) groups is 2. The predicted molar refractivity (Wildman–Crippen MR) is 63.2 cm³/mol. The highest BCUT2D eigenvalue weighted by Gasteiger charge is 2.01. The first-order valence-electron chi connectivity index (χ1n) is 5.15. The van der Waals surface area contributed by atoms with Crippen LogP contribution in [0.5, 0.6) is 0 Å². The topological polar surface area (TPSA) is 90.5 Å². The van der Waals surface area contributed by atoms with E-state index >= 15 is 0 Å². The summed E-state index contributed by atoms with van der Waals surface area (Å²) < 4.78 is 0. The van der Waals surface area contributed by atoms with Crippen LogP contribution in [0.15, 0.2) is 24.3 Å². The Morgan fingerprint density at radius 3 is 2.35 bits per heavy atom. The molecule has 0 aromatic heterocycles. The summed E-state index contributed by atoms with van der Waals surface area (Å²) >= 11 is 0. The van der Waals surface area contributed by atoms with Crippen molar-refractivity contribution in [1.29, 1.82) is 0 Å². The maximum atomic E-state index is 11.3. The zero-order valence-electron chi connectivity index (χ0n) is 9.49. The second-order valence-electron chi connectivity index (χ2n) is 3.43. The third-order valence-electron chi connectivity index (χ3n) is 1.96. The molecular weight excluding hydrogens is 222 g/mol. The molecule has 1 rings (SSSR count). The molecule has 0 aliphatic rings. The summed E-state index contributed by atoms with van der Waals surface area (Å²) in [6.45, 7) is 1.39. The highest BCUT2D eigenvalue weighted by Crippen LogP contribution is 2.09. The summed E-state index contributed by atoms with van der Waals surface area (Å²) in [6.07, 6.45) is 0.582. The van der Waals surface area contributed by atoms with Crippen LogP contribution in [0.1, 0.15) is 12.5 Å². The van der Waals surface area contributed by atoms with Gasteiger partial charge in [0.2, 0.25) is 5.91 Å². The number of rotatable bonds is 3. The third-order valence-corrected chi connectivity index (χ3v) is 1.96. The van der Waals surface area contributed by atoms with Crippen molar-refractivity contribution in [3.8, 4) is 0 Å². The molecule has 0 fully saturated rings. The van der Waals surface area contributed by atoms with E-state index in [4.69, 9.17) is 5.11 Å². The minimum absolute atomic E-state index is 0.0930. The van der Waals surface area contributed by atoms with Crippen molar-refractivity contribution in [3.05, 3.63) is 29.8 Å². The summed E-state index contributed by atoms with van der Waals surface area (Å²) in [5.41, 5.74) is 5.94. The van der Waals surface area contributed by atoms with E-state index in [9.17, 15) is 9.59 Å². The number of hydrogen-bond donors (Lipinski definition) is 4. The van der Waals surface area contributed by atoms with E-state index in [0.717, 1.165) is 5.56 Å². The molecule has 0 radical (unpaired) electrons. The molecule has 0 bridgehead atoms. The zero-order valence-corrected chi connectivity index (χ0v) is 9.49. The van der Waals surface area contributed by atoms with E-state index in [1.54, 1.807) is 12.1 Å². The average Bonchev–Trinajstić information content (AvgIpc) is 2.29. The molecule has 0 heterocycles. The van der Waals surface area contributed by atoms with E-state index in [0.29, 0.717) is 12.1 Å². The fourth-order valence-corrected chi connectivity index (χ4v) is 1.19. The van der Waals surface area contributed by atoms with Crippen molar-refractivity contribution in [2.75, 3.05) is 11.9 Å². The fourth-order valence-electron chi connectivity index (χ4n) is 1.19. The van der Waals surface area contributed by atoms with E-state index in [1.807, 2.05) is 12.1 Å². The van der Waals surface area contributed by atoms with Gasteiger partial charge in [-0.3, -0.25) is 10.2 Å². The van der Waals surface area contributed by atoms with Gasteiger partial charge in [-0.25, -0.2) is 10.2 Å². The SMILES string of the molecule is CC(=O)NNC(=O)Nc1ccc(CCO)cc1. The Bertz CT molecular complexity index is 389. The van der Waals surface area contributed by atoms with Crippen molar-refractivity contribution >= 4 is 17.6 Å². The smallest absolute Gasteiger partial charge is 0.337 e. The maximum absolute atomic E-state index is 11.3. The van der Waals surface area contributed by atoms with Crippen LogP contribution in [0, 0.1) is 0 Å². The van der Waals surface area contributed by atoms with E-state index < -0.39 is 6.03 Å². The lowest BCUT2D eigenvalue weighted by Crippen LogP contribution is -2.42. The summed E-state index contributed by atoms with van der Waals surface area (Å²) in [5.74, 6) is -0.349. The number of anilines is 1. The number of aliphatic hydroxyl groups excluding tert-OH is 1. The summed E-state index contributed by atoms with van der Waals surface area (Å²) in [5, 5.41) is 11.3. The average molecular weight is 237 g/mol. The lowest BCUT2D eigenvalue weighted by molar-refractivity contribution is -0.119. The maximum Gasteiger partial charge on any atom is 0.337 e. The van der Waals surface area contributed by atoms with Gasteiger partial charge in [0.25, 0.3) is 0 Å². The van der Waals surface area contributed by atoms with Crippen LogP contribution >= 0.6 is 0 Å². The summed E-state index contributed by atoms with van der Waals surface area (Å²) in [4.78, 5) is 21.8. The normalized spacial score (nSPS) is 9.53. The molecule has 0 unspecified atom stereocenters. The van der Waals surface area contributed by atoms with Crippen LogP contribution in [0.4, 0.5) is 10.5 Å². The van der Waals surface area contributed by atoms with E-state index in [1.165, 1.54) is 6.92 Å². The third kappa shape index (κ3) is 4.98. The Balaban J connectivity index is 2.45. The monoisotopic (exact) mass is 237 g/mol. The van der Waals surface area contributed by atoms with Crippen LogP contribution in [-0.2, 0) is 11.2 Å². The van der Waals surface area contributed by atoms with E-state index in [2.05, 4.69) is 16.2 Å². The second-order valence-corrected chi connectivity index (χ2v) is 3.43. The van der Waals surface area contributed by atoms with Crippen LogP contribution in [0.2, 0.25) is 0 Å². The quantitative estimate of drug-likeness (QED) is 0.573. The molecule has 1 aromatic carbocycles. The van der Waals surface area contributed by atoms with Crippen molar-refractivity contribution in [2.24, 2.45) is 0 Å². The molecule has 92 valence electrons. The van der Waals surface area contributed by atoms with Gasteiger partial charge in [-0.1, -0.05) is 12.1 Å².